The van der Waals surface area contributed by atoms with E-state index in [0.717, 1.165) is 43.2 Å². The number of morpholine rings is 1. The summed E-state index contributed by atoms with van der Waals surface area (Å²) < 4.78 is 11.1. The second-order valence-electron chi connectivity index (χ2n) is 8.84. The number of rotatable bonds is 8. The number of aromatic nitrogens is 2. The van der Waals surface area contributed by atoms with Gasteiger partial charge < -0.3 is 24.8 Å². The fourth-order valence-corrected chi connectivity index (χ4v) is 3.51. The maximum atomic E-state index is 11.3. The van der Waals surface area contributed by atoms with E-state index in [1.165, 1.54) is 0 Å². The van der Waals surface area contributed by atoms with Gasteiger partial charge in [-0.25, -0.2) is 9.97 Å². The summed E-state index contributed by atoms with van der Waals surface area (Å²) in [4.78, 5) is 22.5. The third-order valence-electron chi connectivity index (χ3n) is 5.72. The largest absolute Gasteiger partial charge is 0.491 e. The number of anilines is 3. The van der Waals surface area contributed by atoms with Gasteiger partial charge in [0.15, 0.2) is 0 Å². The molecule has 1 fully saturated rings. The summed E-state index contributed by atoms with van der Waals surface area (Å²) in [6.45, 7) is 6.32. The summed E-state index contributed by atoms with van der Waals surface area (Å²) in [7, 11) is 0. The molecule has 2 aromatic carbocycles. The van der Waals surface area contributed by atoms with E-state index in [-0.39, 0.29) is 6.61 Å². The van der Waals surface area contributed by atoms with E-state index in [1.54, 1.807) is 44.3 Å². The topological polar surface area (TPSA) is 121 Å². The first kappa shape index (κ1) is 24.0. The Labute approximate surface area is 204 Å². The molecular weight excluding hydrogens is 446 g/mol. The van der Waals surface area contributed by atoms with E-state index in [9.17, 15) is 15.2 Å². The van der Waals surface area contributed by atoms with Crippen LogP contribution in [-0.2, 0) is 9.53 Å². The minimum Gasteiger partial charge on any atom is -0.491 e. The van der Waals surface area contributed by atoms with Gasteiger partial charge in [-0.15, -0.1) is 0 Å². The maximum absolute atomic E-state index is 11.3. The summed E-state index contributed by atoms with van der Waals surface area (Å²) in [5, 5.41) is 22.1. The number of nitriles is 1. The van der Waals surface area contributed by atoms with Gasteiger partial charge in [0.2, 0.25) is 5.95 Å². The molecule has 1 aliphatic heterocycles. The summed E-state index contributed by atoms with van der Waals surface area (Å²) in [6.07, 6.45) is 1.65. The minimum absolute atomic E-state index is 0.0533. The second kappa shape index (κ2) is 10.4. The Hall–Kier alpha value is -4.16. The van der Waals surface area contributed by atoms with Gasteiger partial charge >= 0.3 is 5.97 Å². The van der Waals surface area contributed by atoms with Crippen LogP contribution in [0.3, 0.4) is 0 Å². The van der Waals surface area contributed by atoms with Crippen molar-refractivity contribution in [3.63, 3.8) is 0 Å². The number of ether oxygens (including phenoxy) is 2. The van der Waals surface area contributed by atoms with Crippen LogP contribution < -0.4 is 15.0 Å². The normalized spacial score (nSPS) is 13.7. The van der Waals surface area contributed by atoms with Crippen molar-refractivity contribution < 1.29 is 19.4 Å². The van der Waals surface area contributed by atoms with Gasteiger partial charge in [-0.3, -0.25) is 4.79 Å². The van der Waals surface area contributed by atoms with E-state index in [4.69, 9.17) is 9.47 Å². The molecule has 2 N–H and O–H groups in total. The fourth-order valence-electron chi connectivity index (χ4n) is 3.51. The number of hydrogen-bond donors (Lipinski definition) is 2. The molecule has 0 atom stereocenters. The summed E-state index contributed by atoms with van der Waals surface area (Å²) in [6, 6.07) is 17.1. The van der Waals surface area contributed by atoms with Gasteiger partial charge in [-0.05, 0) is 62.4 Å². The lowest BCUT2D eigenvalue weighted by Gasteiger charge is -2.28. The zero-order chi connectivity index (χ0) is 24.8. The van der Waals surface area contributed by atoms with Crippen molar-refractivity contribution >= 4 is 23.3 Å². The number of hydrogen-bond acceptors (Lipinski definition) is 8. The zero-order valence-electron chi connectivity index (χ0n) is 19.7. The summed E-state index contributed by atoms with van der Waals surface area (Å²) in [5.41, 5.74) is 2.60. The Morgan fingerprint density at radius 3 is 2.63 bits per heavy atom. The predicted octanol–water partition coefficient (Wildman–Crippen LogP) is 4.09. The molecular formula is C26H27N5O4. The molecule has 1 saturated heterocycles. The van der Waals surface area contributed by atoms with Crippen molar-refractivity contribution in [3.8, 4) is 23.1 Å². The average molecular weight is 474 g/mol. The molecule has 0 radical (unpaired) electrons. The highest BCUT2D eigenvalue weighted by Crippen LogP contribution is 2.28. The van der Waals surface area contributed by atoms with Crippen LogP contribution in [0.15, 0.2) is 54.7 Å². The van der Waals surface area contributed by atoms with Gasteiger partial charge in [-0.1, -0.05) is 0 Å². The number of nitrogens with zero attached hydrogens (tertiary/aromatic N) is 4. The van der Waals surface area contributed by atoms with E-state index < -0.39 is 11.4 Å². The molecule has 9 nitrogen and oxygen atoms in total. The zero-order valence-corrected chi connectivity index (χ0v) is 19.7. The highest BCUT2D eigenvalue weighted by molar-refractivity contribution is 5.74. The van der Waals surface area contributed by atoms with E-state index in [2.05, 4.69) is 38.4 Å². The molecule has 0 unspecified atom stereocenters. The smallest absolute Gasteiger partial charge is 0.312 e. The molecule has 4 rings (SSSR count). The molecule has 9 heteroatoms. The first-order chi connectivity index (χ1) is 16.9. The number of carboxylic acid groups (broad SMARTS) is 1. The molecule has 3 aromatic rings. The van der Waals surface area contributed by atoms with Crippen LogP contribution in [-0.4, -0.2) is 54.0 Å². The Morgan fingerprint density at radius 2 is 1.94 bits per heavy atom. The van der Waals surface area contributed by atoms with Gasteiger partial charge in [0, 0.05) is 36.2 Å². The van der Waals surface area contributed by atoms with Crippen LogP contribution in [0.25, 0.3) is 11.3 Å². The molecule has 0 spiro atoms. The van der Waals surface area contributed by atoms with Crippen molar-refractivity contribution in [2.75, 3.05) is 43.1 Å². The predicted molar refractivity (Wildman–Crippen MR) is 132 cm³/mol. The lowest BCUT2D eigenvalue weighted by molar-refractivity contribution is -0.148. The number of carbonyl (C=O) groups is 1. The third-order valence-corrected chi connectivity index (χ3v) is 5.72. The molecule has 35 heavy (non-hydrogen) atoms. The monoisotopic (exact) mass is 473 g/mol. The van der Waals surface area contributed by atoms with Crippen LogP contribution in [0.2, 0.25) is 0 Å². The molecule has 1 aliphatic rings. The first-order valence-corrected chi connectivity index (χ1v) is 11.3. The molecule has 0 aliphatic carbocycles. The Balaban J connectivity index is 1.47. The van der Waals surface area contributed by atoms with Crippen LogP contribution in [0.5, 0.6) is 5.75 Å². The molecule has 0 bridgehead atoms. The van der Waals surface area contributed by atoms with E-state index in [0.29, 0.717) is 23.0 Å². The van der Waals surface area contributed by atoms with Gasteiger partial charge in [-0.2, -0.15) is 5.26 Å². The lowest BCUT2D eigenvalue weighted by Crippen LogP contribution is -2.36. The highest BCUT2D eigenvalue weighted by atomic mass is 16.5. The highest BCUT2D eigenvalue weighted by Gasteiger charge is 2.28. The van der Waals surface area contributed by atoms with Crippen LogP contribution in [0.4, 0.5) is 17.3 Å². The van der Waals surface area contributed by atoms with E-state index in [1.807, 2.05) is 12.1 Å². The van der Waals surface area contributed by atoms with Crippen LogP contribution in [0.1, 0.15) is 19.4 Å². The molecule has 180 valence electrons. The van der Waals surface area contributed by atoms with Crippen molar-refractivity contribution in [1.29, 1.82) is 5.26 Å². The quantitative estimate of drug-likeness (QED) is 0.498. The second-order valence-corrected chi connectivity index (χ2v) is 8.84. The first-order valence-electron chi connectivity index (χ1n) is 11.3. The van der Waals surface area contributed by atoms with E-state index >= 15 is 0 Å². The fraction of sp³-hybridized carbons (Fsp3) is 0.308. The Bertz CT molecular complexity index is 1230. The molecule has 0 amide bonds. The average Bonchev–Trinajstić information content (AvgIpc) is 2.88. The Kier molecular flexibility index (Phi) is 7.13. The van der Waals surface area contributed by atoms with Gasteiger partial charge in [0.1, 0.15) is 18.4 Å². The number of carboxylic acids is 1. The number of benzene rings is 2. The van der Waals surface area contributed by atoms with Gasteiger partial charge in [0.25, 0.3) is 0 Å². The third kappa shape index (κ3) is 5.86. The maximum Gasteiger partial charge on any atom is 0.312 e. The number of nitrogens with one attached hydrogen (secondary N) is 1. The summed E-state index contributed by atoms with van der Waals surface area (Å²) in [5.74, 6) is -0.202. The molecule has 0 saturated carbocycles. The SMILES string of the molecule is CC(C)(COc1ccc(-c2ccnc(Nc3ccc(N4CCOCC4)cc3)n2)cc1C#N)C(=O)O. The standard InChI is InChI=1S/C26H27N5O4/c1-26(2,24(32)33)17-35-23-8-3-18(15-19(23)16-27)22-9-10-28-25(30-22)29-20-4-6-21(7-5-20)31-11-13-34-14-12-31/h3-10,15H,11-14,17H2,1-2H3,(H,32,33)(H,28,29,30). The van der Waals surface area contributed by atoms with Crippen molar-refractivity contribution in [1.82, 2.24) is 9.97 Å². The van der Waals surface area contributed by atoms with Crippen molar-refractivity contribution in [2.45, 2.75) is 13.8 Å². The Morgan fingerprint density at radius 1 is 1.20 bits per heavy atom. The van der Waals surface area contributed by atoms with Crippen LogP contribution in [0, 0.1) is 16.7 Å². The minimum atomic E-state index is -1.07. The lowest BCUT2D eigenvalue weighted by atomic mass is 9.95. The number of aliphatic carboxylic acids is 1. The summed E-state index contributed by atoms with van der Waals surface area (Å²) >= 11 is 0. The van der Waals surface area contributed by atoms with Gasteiger partial charge in [0.05, 0.1) is 29.9 Å². The molecule has 1 aromatic heterocycles. The van der Waals surface area contributed by atoms with Crippen molar-refractivity contribution in [2.24, 2.45) is 5.41 Å². The molecule has 2 heterocycles. The van der Waals surface area contributed by atoms with Crippen molar-refractivity contribution in [3.05, 3.63) is 60.3 Å². The van der Waals surface area contributed by atoms with Crippen LogP contribution >= 0.6 is 0 Å².